The van der Waals surface area contributed by atoms with E-state index >= 15 is 0 Å². The largest absolute Gasteiger partial charge is 0.491 e. The Bertz CT molecular complexity index is 363. The average Bonchev–Trinajstić information content (AvgIpc) is 2.29. The van der Waals surface area contributed by atoms with Crippen molar-refractivity contribution in [1.82, 2.24) is 5.32 Å². The number of nitrogens with one attached hydrogen (secondary N) is 1. The summed E-state index contributed by atoms with van der Waals surface area (Å²) in [5, 5.41) is 12.0. The zero-order valence-electron chi connectivity index (χ0n) is 8.98. The minimum absolute atomic E-state index is 0.186. The maximum absolute atomic E-state index is 10.8. The molecule has 1 aromatic rings. The van der Waals surface area contributed by atoms with Gasteiger partial charge in [-0.1, -0.05) is 18.2 Å². The second-order valence-corrected chi connectivity index (χ2v) is 3.14. The first-order valence-electron chi connectivity index (χ1n) is 5.02. The van der Waals surface area contributed by atoms with Crippen LogP contribution in [0, 0.1) is 0 Å². The van der Waals surface area contributed by atoms with Crippen LogP contribution in [0.25, 0.3) is 0 Å². The van der Waals surface area contributed by atoms with Crippen LogP contribution in [-0.4, -0.2) is 30.8 Å². The van der Waals surface area contributed by atoms with Gasteiger partial charge in [0.2, 0.25) is 0 Å². The highest BCUT2D eigenvalue weighted by Crippen LogP contribution is 2.17. The molecule has 0 radical (unpaired) electrons. The number of aromatic carboxylic acids is 1. The quantitative estimate of drug-likeness (QED) is 0.541. The molecule has 4 heteroatoms. The van der Waals surface area contributed by atoms with Gasteiger partial charge in [-0.25, -0.2) is 4.79 Å². The predicted molar refractivity (Wildman–Crippen MR) is 62.0 cm³/mol. The fraction of sp³-hybridized carbons (Fsp3) is 0.250. The van der Waals surface area contributed by atoms with Gasteiger partial charge in [-0.05, 0) is 12.1 Å². The van der Waals surface area contributed by atoms with Crippen LogP contribution in [0.3, 0.4) is 0 Å². The van der Waals surface area contributed by atoms with Gasteiger partial charge < -0.3 is 15.2 Å². The van der Waals surface area contributed by atoms with Crippen molar-refractivity contribution < 1.29 is 14.6 Å². The standard InChI is InChI=1S/C12H15NO3/c1-2-7-13-8-9-16-11-6-4-3-5-10(11)12(14)15/h2-6,13H,1,7-9H2,(H,14,15). The van der Waals surface area contributed by atoms with E-state index in [1.807, 2.05) is 0 Å². The van der Waals surface area contributed by atoms with E-state index in [9.17, 15) is 4.79 Å². The summed E-state index contributed by atoms with van der Waals surface area (Å²) >= 11 is 0. The van der Waals surface area contributed by atoms with Crippen LogP contribution >= 0.6 is 0 Å². The summed E-state index contributed by atoms with van der Waals surface area (Å²) in [7, 11) is 0. The Hall–Kier alpha value is -1.81. The highest BCUT2D eigenvalue weighted by molar-refractivity contribution is 5.90. The summed E-state index contributed by atoms with van der Waals surface area (Å²) in [6, 6.07) is 6.59. The van der Waals surface area contributed by atoms with Crippen LogP contribution in [-0.2, 0) is 0 Å². The van der Waals surface area contributed by atoms with Crippen molar-refractivity contribution in [3.63, 3.8) is 0 Å². The monoisotopic (exact) mass is 221 g/mol. The lowest BCUT2D eigenvalue weighted by atomic mass is 10.2. The second kappa shape index (κ2) is 6.63. The SMILES string of the molecule is C=CCNCCOc1ccccc1C(=O)O. The van der Waals surface area contributed by atoms with Gasteiger partial charge in [0.1, 0.15) is 17.9 Å². The van der Waals surface area contributed by atoms with E-state index in [0.29, 0.717) is 25.4 Å². The molecule has 0 aromatic heterocycles. The third-order valence-electron chi connectivity index (χ3n) is 1.94. The highest BCUT2D eigenvalue weighted by Gasteiger charge is 2.09. The van der Waals surface area contributed by atoms with E-state index in [4.69, 9.17) is 9.84 Å². The topological polar surface area (TPSA) is 58.6 Å². The molecule has 2 N–H and O–H groups in total. The Morgan fingerprint density at radius 1 is 1.50 bits per heavy atom. The average molecular weight is 221 g/mol. The Kier molecular flexibility index (Phi) is 5.08. The first-order chi connectivity index (χ1) is 7.75. The van der Waals surface area contributed by atoms with Crippen molar-refractivity contribution in [3.8, 4) is 5.75 Å². The molecule has 0 saturated carbocycles. The van der Waals surface area contributed by atoms with Crippen LogP contribution in [0.1, 0.15) is 10.4 Å². The van der Waals surface area contributed by atoms with E-state index in [2.05, 4.69) is 11.9 Å². The first kappa shape index (κ1) is 12.3. The molecule has 1 rings (SSSR count). The van der Waals surface area contributed by atoms with Gasteiger partial charge >= 0.3 is 5.97 Å². The second-order valence-electron chi connectivity index (χ2n) is 3.14. The Balaban J connectivity index is 2.47. The minimum Gasteiger partial charge on any atom is -0.491 e. The van der Waals surface area contributed by atoms with Crippen molar-refractivity contribution in [2.24, 2.45) is 0 Å². The number of hydrogen-bond donors (Lipinski definition) is 2. The summed E-state index contributed by atoms with van der Waals surface area (Å²) < 4.78 is 5.37. The number of carbonyl (C=O) groups is 1. The summed E-state index contributed by atoms with van der Waals surface area (Å²) in [6.45, 7) is 5.37. The molecule has 0 amide bonds. The summed E-state index contributed by atoms with van der Waals surface area (Å²) in [5.74, 6) is -0.579. The Morgan fingerprint density at radius 2 is 2.25 bits per heavy atom. The van der Waals surface area contributed by atoms with Gasteiger partial charge in [0, 0.05) is 13.1 Å². The highest BCUT2D eigenvalue weighted by atomic mass is 16.5. The van der Waals surface area contributed by atoms with Gasteiger partial charge in [-0.2, -0.15) is 0 Å². The summed E-state index contributed by atoms with van der Waals surface area (Å²) in [6.07, 6.45) is 1.76. The fourth-order valence-electron chi connectivity index (χ4n) is 1.21. The summed E-state index contributed by atoms with van der Waals surface area (Å²) in [4.78, 5) is 10.8. The zero-order valence-corrected chi connectivity index (χ0v) is 8.98. The summed E-state index contributed by atoms with van der Waals surface area (Å²) in [5.41, 5.74) is 0.186. The van der Waals surface area contributed by atoms with Crippen molar-refractivity contribution in [2.45, 2.75) is 0 Å². The molecule has 86 valence electrons. The smallest absolute Gasteiger partial charge is 0.339 e. The van der Waals surface area contributed by atoms with Crippen molar-refractivity contribution >= 4 is 5.97 Å². The molecule has 16 heavy (non-hydrogen) atoms. The Morgan fingerprint density at radius 3 is 2.94 bits per heavy atom. The van der Waals surface area contributed by atoms with Gasteiger partial charge in [0.25, 0.3) is 0 Å². The first-order valence-corrected chi connectivity index (χ1v) is 5.02. The van der Waals surface area contributed by atoms with E-state index < -0.39 is 5.97 Å². The molecule has 0 saturated heterocycles. The molecule has 1 aromatic carbocycles. The molecule has 0 heterocycles. The number of ether oxygens (including phenoxy) is 1. The molecule has 0 bridgehead atoms. The molecule has 0 aliphatic carbocycles. The molecule has 0 spiro atoms. The lowest BCUT2D eigenvalue weighted by molar-refractivity contribution is 0.0692. The zero-order chi connectivity index (χ0) is 11.8. The number of para-hydroxylation sites is 1. The van der Waals surface area contributed by atoms with E-state index in [-0.39, 0.29) is 5.56 Å². The third-order valence-corrected chi connectivity index (χ3v) is 1.94. The van der Waals surface area contributed by atoms with E-state index in [1.54, 1.807) is 24.3 Å². The predicted octanol–water partition coefficient (Wildman–Crippen LogP) is 1.54. The molecule has 4 nitrogen and oxygen atoms in total. The fourth-order valence-corrected chi connectivity index (χ4v) is 1.21. The van der Waals surface area contributed by atoms with Gasteiger partial charge in [-0.15, -0.1) is 6.58 Å². The molecule has 0 unspecified atom stereocenters. The van der Waals surface area contributed by atoms with Crippen LogP contribution < -0.4 is 10.1 Å². The molecule has 0 fully saturated rings. The number of rotatable bonds is 7. The third kappa shape index (κ3) is 3.74. The molecule has 0 atom stereocenters. The van der Waals surface area contributed by atoms with Crippen molar-refractivity contribution in [2.75, 3.05) is 19.7 Å². The van der Waals surface area contributed by atoms with Crippen molar-refractivity contribution in [3.05, 3.63) is 42.5 Å². The van der Waals surface area contributed by atoms with E-state index in [1.165, 1.54) is 6.07 Å². The van der Waals surface area contributed by atoms with Crippen LogP contribution in [0.4, 0.5) is 0 Å². The lowest BCUT2D eigenvalue weighted by Crippen LogP contribution is -2.21. The van der Waals surface area contributed by atoms with E-state index in [0.717, 1.165) is 0 Å². The van der Waals surface area contributed by atoms with Crippen LogP contribution in [0.5, 0.6) is 5.75 Å². The number of carboxylic acid groups (broad SMARTS) is 1. The molecular weight excluding hydrogens is 206 g/mol. The molecule has 0 aliphatic heterocycles. The van der Waals surface area contributed by atoms with Gasteiger partial charge in [0.05, 0.1) is 0 Å². The maximum atomic E-state index is 10.8. The number of hydrogen-bond acceptors (Lipinski definition) is 3. The van der Waals surface area contributed by atoms with Gasteiger partial charge in [0.15, 0.2) is 0 Å². The lowest BCUT2D eigenvalue weighted by Gasteiger charge is -2.08. The number of benzene rings is 1. The van der Waals surface area contributed by atoms with Crippen molar-refractivity contribution in [1.29, 1.82) is 0 Å². The molecular formula is C12H15NO3. The van der Waals surface area contributed by atoms with Crippen LogP contribution in [0.15, 0.2) is 36.9 Å². The maximum Gasteiger partial charge on any atom is 0.339 e. The molecule has 0 aliphatic rings. The minimum atomic E-state index is -0.977. The van der Waals surface area contributed by atoms with Crippen LogP contribution in [0.2, 0.25) is 0 Å². The number of carboxylic acids is 1. The Labute approximate surface area is 94.6 Å². The van der Waals surface area contributed by atoms with Gasteiger partial charge in [-0.3, -0.25) is 0 Å². The normalized spacial score (nSPS) is 9.75.